The van der Waals surface area contributed by atoms with Gasteiger partial charge in [0.1, 0.15) is 0 Å². The summed E-state index contributed by atoms with van der Waals surface area (Å²) in [5, 5.41) is 17.0. The molecule has 0 saturated heterocycles. The van der Waals surface area contributed by atoms with Crippen LogP contribution < -0.4 is 5.32 Å². The standard InChI is InChI=1S/C14H27N3O/c1-5-13(12-9-16-17(4)10-12)15-8-6-7-14(2,3)11-18/h9-10,13,15,18H,5-8,11H2,1-4H3. The predicted octanol–water partition coefficient (Wildman–Crippen LogP) is 2.26. The molecule has 0 spiro atoms. The smallest absolute Gasteiger partial charge is 0.0537 e. The monoisotopic (exact) mass is 253 g/mol. The summed E-state index contributed by atoms with van der Waals surface area (Å²) in [6.07, 6.45) is 7.19. The molecular formula is C14H27N3O. The topological polar surface area (TPSA) is 50.1 Å². The fraction of sp³-hybridized carbons (Fsp3) is 0.786. The van der Waals surface area contributed by atoms with Crippen LogP contribution in [0.3, 0.4) is 0 Å². The van der Waals surface area contributed by atoms with Crippen LogP contribution in [-0.4, -0.2) is 28.0 Å². The fourth-order valence-corrected chi connectivity index (χ4v) is 2.04. The van der Waals surface area contributed by atoms with Gasteiger partial charge >= 0.3 is 0 Å². The van der Waals surface area contributed by atoms with Gasteiger partial charge in [0, 0.05) is 31.5 Å². The lowest BCUT2D eigenvalue weighted by Crippen LogP contribution is -2.24. The van der Waals surface area contributed by atoms with Crippen LogP contribution in [0.1, 0.15) is 51.6 Å². The van der Waals surface area contributed by atoms with E-state index in [-0.39, 0.29) is 12.0 Å². The average Bonchev–Trinajstić information content (AvgIpc) is 2.76. The van der Waals surface area contributed by atoms with Crippen molar-refractivity contribution in [1.82, 2.24) is 15.1 Å². The summed E-state index contributed by atoms with van der Waals surface area (Å²) in [6.45, 7) is 7.63. The summed E-state index contributed by atoms with van der Waals surface area (Å²) in [7, 11) is 1.94. The van der Waals surface area contributed by atoms with Gasteiger partial charge in [-0.05, 0) is 31.2 Å². The molecule has 1 aromatic heterocycles. The first kappa shape index (κ1) is 15.2. The highest BCUT2D eigenvalue weighted by Gasteiger charge is 2.16. The van der Waals surface area contributed by atoms with E-state index in [1.165, 1.54) is 5.56 Å². The largest absolute Gasteiger partial charge is 0.396 e. The molecule has 18 heavy (non-hydrogen) atoms. The maximum atomic E-state index is 9.20. The van der Waals surface area contributed by atoms with Crippen molar-refractivity contribution in [3.05, 3.63) is 18.0 Å². The molecule has 0 aliphatic heterocycles. The molecule has 104 valence electrons. The van der Waals surface area contributed by atoms with Crippen LogP contribution in [0.5, 0.6) is 0 Å². The SMILES string of the molecule is CCC(NCCCC(C)(C)CO)c1cnn(C)c1. The van der Waals surface area contributed by atoms with Crippen LogP contribution >= 0.6 is 0 Å². The zero-order valence-electron chi connectivity index (χ0n) is 12.1. The Morgan fingerprint density at radius 3 is 2.72 bits per heavy atom. The highest BCUT2D eigenvalue weighted by Crippen LogP contribution is 2.21. The first-order chi connectivity index (χ1) is 8.48. The Bertz CT molecular complexity index is 347. The van der Waals surface area contributed by atoms with Gasteiger partial charge in [-0.25, -0.2) is 0 Å². The minimum absolute atomic E-state index is 0.0394. The molecule has 0 amide bonds. The van der Waals surface area contributed by atoms with Gasteiger partial charge in [0.15, 0.2) is 0 Å². The van der Waals surface area contributed by atoms with Gasteiger partial charge < -0.3 is 10.4 Å². The van der Waals surface area contributed by atoms with Crippen LogP contribution in [0, 0.1) is 5.41 Å². The lowest BCUT2D eigenvalue weighted by atomic mass is 9.89. The van der Waals surface area contributed by atoms with Crippen molar-refractivity contribution < 1.29 is 5.11 Å². The van der Waals surface area contributed by atoms with Gasteiger partial charge in [-0.2, -0.15) is 5.10 Å². The van der Waals surface area contributed by atoms with Crippen LogP contribution in [0.25, 0.3) is 0 Å². The second kappa shape index (κ2) is 6.90. The Morgan fingerprint density at radius 2 is 2.22 bits per heavy atom. The molecule has 0 aliphatic rings. The molecule has 4 nitrogen and oxygen atoms in total. The van der Waals surface area contributed by atoms with E-state index in [4.69, 9.17) is 0 Å². The molecule has 0 saturated carbocycles. The van der Waals surface area contributed by atoms with Crippen LogP contribution in [-0.2, 0) is 7.05 Å². The minimum Gasteiger partial charge on any atom is -0.396 e. The Labute approximate surface area is 110 Å². The lowest BCUT2D eigenvalue weighted by Gasteiger charge is -2.22. The third kappa shape index (κ3) is 4.78. The van der Waals surface area contributed by atoms with Crippen molar-refractivity contribution in [2.75, 3.05) is 13.2 Å². The predicted molar refractivity (Wildman–Crippen MR) is 74.3 cm³/mol. The number of aliphatic hydroxyl groups is 1. The number of nitrogens with one attached hydrogen (secondary N) is 1. The summed E-state index contributed by atoms with van der Waals surface area (Å²) in [6, 6.07) is 0.385. The Morgan fingerprint density at radius 1 is 1.50 bits per heavy atom. The van der Waals surface area contributed by atoms with Gasteiger partial charge in [-0.1, -0.05) is 20.8 Å². The van der Waals surface area contributed by atoms with Crippen LogP contribution in [0.2, 0.25) is 0 Å². The second-order valence-electron chi connectivity index (χ2n) is 5.79. The van der Waals surface area contributed by atoms with Crippen LogP contribution in [0.4, 0.5) is 0 Å². The van der Waals surface area contributed by atoms with Crippen molar-refractivity contribution in [2.24, 2.45) is 12.5 Å². The van der Waals surface area contributed by atoms with E-state index in [1.54, 1.807) is 0 Å². The fourth-order valence-electron chi connectivity index (χ4n) is 2.04. The van der Waals surface area contributed by atoms with E-state index < -0.39 is 0 Å². The number of aromatic nitrogens is 2. The van der Waals surface area contributed by atoms with Crippen molar-refractivity contribution in [2.45, 2.75) is 46.1 Å². The normalized spacial score (nSPS) is 13.8. The van der Waals surface area contributed by atoms with E-state index in [9.17, 15) is 5.11 Å². The Kier molecular flexibility index (Phi) is 5.82. The second-order valence-corrected chi connectivity index (χ2v) is 5.79. The number of hydrogen-bond donors (Lipinski definition) is 2. The van der Waals surface area contributed by atoms with Crippen LogP contribution in [0.15, 0.2) is 12.4 Å². The summed E-state index contributed by atoms with van der Waals surface area (Å²) in [5.41, 5.74) is 1.29. The molecule has 1 heterocycles. The summed E-state index contributed by atoms with van der Waals surface area (Å²) in [5.74, 6) is 0. The summed E-state index contributed by atoms with van der Waals surface area (Å²) < 4.78 is 1.84. The van der Waals surface area contributed by atoms with Crippen molar-refractivity contribution in [3.63, 3.8) is 0 Å². The van der Waals surface area contributed by atoms with Gasteiger partial charge in [-0.15, -0.1) is 0 Å². The van der Waals surface area contributed by atoms with Gasteiger partial charge in [0.05, 0.1) is 6.20 Å². The summed E-state index contributed by atoms with van der Waals surface area (Å²) in [4.78, 5) is 0. The van der Waals surface area contributed by atoms with Gasteiger partial charge in [-0.3, -0.25) is 4.68 Å². The molecule has 1 unspecified atom stereocenters. The van der Waals surface area contributed by atoms with E-state index in [1.807, 2.05) is 17.9 Å². The van der Waals surface area contributed by atoms with E-state index in [0.717, 1.165) is 25.8 Å². The quantitative estimate of drug-likeness (QED) is 0.699. The summed E-state index contributed by atoms with van der Waals surface area (Å²) >= 11 is 0. The first-order valence-corrected chi connectivity index (χ1v) is 6.81. The number of aliphatic hydroxyl groups excluding tert-OH is 1. The zero-order chi connectivity index (χ0) is 13.6. The zero-order valence-corrected chi connectivity index (χ0v) is 12.1. The molecule has 0 bridgehead atoms. The number of nitrogens with zero attached hydrogens (tertiary/aromatic N) is 2. The van der Waals surface area contributed by atoms with E-state index >= 15 is 0 Å². The molecule has 0 aromatic carbocycles. The Hall–Kier alpha value is -0.870. The number of aryl methyl sites for hydroxylation is 1. The molecular weight excluding hydrogens is 226 g/mol. The molecule has 0 fully saturated rings. The third-order valence-electron chi connectivity index (χ3n) is 3.38. The van der Waals surface area contributed by atoms with Crippen molar-refractivity contribution >= 4 is 0 Å². The van der Waals surface area contributed by atoms with Gasteiger partial charge in [0.25, 0.3) is 0 Å². The molecule has 1 atom stereocenters. The van der Waals surface area contributed by atoms with Crippen molar-refractivity contribution in [3.8, 4) is 0 Å². The highest BCUT2D eigenvalue weighted by atomic mass is 16.3. The first-order valence-electron chi connectivity index (χ1n) is 6.81. The molecule has 1 aromatic rings. The maximum absolute atomic E-state index is 9.20. The third-order valence-corrected chi connectivity index (χ3v) is 3.38. The highest BCUT2D eigenvalue weighted by molar-refractivity contribution is 5.09. The van der Waals surface area contributed by atoms with Crippen molar-refractivity contribution in [1.29, 1.82) is 0 Å². The number of hydrogen-bond acceptors (Lipinski definition) is 3. The molecule has 0 aliphatic carbocycles. The maximum Gasteiger partial charge on any atom is 0.0537 e. The molecule has 4 heteroatoms. The minimum atomic E-state index is 0.0394. The average molecular weight is 253 g/mol. The molecule has 2 N–H and O–H groups in total. The van der Waals surface area contributed by atoms with Gasteiger partial charge in [0.2, 0.25) is 0 Å². The van der Waals surface area contributed by atoms with E-state index in [0.29, 0.717) is 6.04 Å². The lowest BCUT2D eigenvalue weighted by molar-refractivity contribution is 0.147. The van der Waals surface area contributed by atoms with E-state index in [2.05, 4.69) is 37.4 Å². The molecule has 1 rings (SSSR count). The molecule has 0 radical (unpaired) electrons. The Balaban J connectivity index is 2.33. The number of rotatable bonds is 8.